The third kappa shape index (κ3) is 4.15. The zero-order valence-electron chi connectivity index (χ0n) is 10.4. The number of anilines is 2. The van der Waals surface area contributed by atoms with E-state index < -0.39 is 0 Å². The number of halogens is 2. The number of amides is 1. The quantitative estimate of drug-likeness (QED) is 0.822. The van der Waals surface area contributed by atoms with Gasteiger partial charge in [0.1, 0.15) is 5.75 Å². The summed E-state index contributed by atoms with van der Waals surface area (Å²) in [6.07, 6.45) is 0. The summed E-state index contributed by atoms with van der Waals surface area (Å²) in [5.74, 6) is 0.114. The van der Waals surface area contributed by atoms with Crippen LogP contribution in [-0.2, 0) is 4.79 Å². The standard InChI is InChI=1S/C14H12BrClN2O2/c15-9-1-4-11(5-2-9)18-14(19)8-20-13-7-10(17)3-6-12(13)16/h1-7H,8,17H2,(H,18,19). The Morgan fingerprint density at radius 1 is 1.25 bits per heavy atom. The van der Waals surface area contributed by atoms with Crippen molar-refractivity contribution in [3.05, 3.63) is 52.0 Å². The van der Waals surface area contributed by atoms with Crippen molar-refractivity contribution in [1.82, 2.24) is 0 Å². The predicted octanol–water partition coefficient (Wildman–Crippen LogP) is 3.70. The summed E-state index contributed by atoms with van der Waals surface area (Å²) in [5.41, 5.74) is 6.85. The van der Waals surface area contributed by atoms with Crippen LogP contribution in [-0.4, -0.2) is 12.5 Å². The third-order valence-electron chi connectivity index (χ3n) is 2.44. The van der Waals surface area contributed by atoms with Gasteiger partial charge in [-0.1, -0.05) is 27.5 Å². The average molecular weight is 356 g/mol. The number of nitrogens with two attached hydrogens (primary N) is 1. The molecule has 0 atom stereocenters. The number of carbonyl (C=O) groups excluding carboxylic acids is 1. The lowest BCUT2D eigenvalue weighted by molar-refractivity contribution is -0.118. The van der Waals surface area contributed by atoms with Crippen molar-refractivity contribution in [2.24, 2.45) is 0 Å². The van der Waals surface area contributed by atoms with E-state index >= 15 is 0 Å². The van der Waals surface area contributed by atoms with Gasteiger partial charge in [0.25, 0.3) is 5.91 Å². The Hall–Kier alpha value is -1.72. The molecule has 20 heavy (non-hydrogen) atoms. The molecule has 0 spiro atoms. The highest BCUT2D eigenvalue weighted by atomic mass is 79.9. The molecule has 4 nitrogen and oxygen atoms in total. The van der Waals surface area contributed by atoms with Crippen molar-refractivity contribution >= 4 is 44.8 Å². The summed E-state index contributed by atoms with van der Waals surface area (Å²) >= 11 is 9.26. The summed E-state index contributed by atoms with van der Waals surface area (Å²) in [6.45, 7) is -0.140. The molecule has 0 heterocycles. The van der Waals surface area contributed by atoms with Crippen LogP contribution < -0.4 is 15.8 Å². The summed E-state index contributed by atoms with van der Waals surface area (Å²) in [6, 6.07) is 12.1. The van der Waals surface area contributed by atoms with Crippen LogP contribution in [0.25, 0.3) is 0 Å². The average Bonchev–Trinajstić information content (AvgIpc) is 2.42. The molecule has 0 bridgehead atoms. The van der Waals surface area contributed by atoms with E-state index in [2.05, 4.69) is 21.2 Å². The van der Waals surface area contributed by atoms with Crippen LogP contribution in [0.1, 0.15) is 0 Å². The minimum Gasteiger partial charge on any atom is -0.482 e. The number of benzene rings is 2. The molecule has 0 aliphatic rings. The molecule has 1 amide bonds. The van der Waals surface area contributed by atoms with Gasteiger partial charge < -0.3 is 15.8 Å². The fraction of sp³-hybridized carbons (Fsp3) is 0.0714. The van der Waals surface area contributed by atoms with Gasteiger partial charge in [-0.15, -0.1) is 0 Å². The topological polar surface area (TPSA) is 64.3 Å². The van der Waals surface area contributed by atoms with Gasteiger partial charge in [-0.05, 0) is 36.4 Å². The Bertz CT molecular complexity index is 617. The first-order valence-electron chi connectivity index (χ1n) is 5.78. The number of hydrogen-bond donors (Lipinski definition) is 2. The molecular weight excluding hydrogens is 344 g/mol. The summed E-state index contributed by atoms with van der Waals surface area (Å²) < 4.78 is 6.28. The molecule has 0 unspecified atom stereocenters. The zero-order chi connectivity index (χ0) is 14.5. The largest absolute Gasteiger partial charge is 0.482 e. The molecule has 6 heteroatoms. The van der Waals surface area contributed by atoms with Gasteiger partial charge >= 0.3 is 0 Å². The highest BCUT2D eigenvalue weighted by molar-refractivity contribution is 9.10. The van der Waals surface area contributed by atoms with Crippen molar-refractivity contribution in [3.8, 4) is 5.75 Å². The molecule has 0 saturated heterocycles. The smallest absolute Gasteiger partial charge is 0.262 e. The van der Waals surface area contributed by atoms with E-state index in [0.717, 1.165) is 4.47 Å². The van der Waals surface area contributed by atoms with Crippen molar-refractivity contribution in [3.63, 3.8) is 0 Å². The molecule has 0 saturated carbocycles. The van der Waals surface area contributed by atoms with Gasteiger partial charge in [0.05, 0.1) is 5.02 Å². The summed E-state index contributed by atoms with van der Waals surface area (Å²) in [4.78, 5) is 11.7. The van der Waals surface area contributed by atoms with Gasteiger partial charge in [-0.3, -0.25) is 4.79 Å². The molecule has 0 radical (unpaired) electrons. The second-order valence-corrected chi connectivity index (χ2v) is 5.36. The van der Waals surface area contributed by atoms with Gasteiger partial charge in [-0.25, -0.2) is 0 Å². The number of nitrogens with one attached hydrogen (secondary N) is 1. The number of nitrogen functional groups attached to an aromatic ring is 1. The fourth-order valence-electron chi connectivity index (χ4n) is 1.50. The molecular formula is C14H12BrClN2O2. The van der Waals surface area contributed by atoms with Crippen molar-refractivity contribution in [2.45, 2.75) is 0 Å². The van der Waals surface area contributed by atoms with Crippen LogP contribution in [0.15, 0.2) is 46.9 Å². The lowest BCUT2D eigenvalue weighted by Gasteiger charge is -2.09. The number of hydrogen-bond acceptors (Lipinski definition) is 3. The molecule has 0 aliphatic heterocycles. The second-order valence-electron chi connectivity index (χ2n) is 4.03. The Labute approximate surface area is 130 Å². The van der Waals surface area contributed by atoms with Crippen molar-refractivity contribution < 1.29 is 9.53 Å². The fourth-order valence-corrected chi connectivity index (χ4v) is 1.94. The number of ether oxygens (including phenoxy) is 1. The first-order valence-corrected chi connectivity index (χ1v) is 6.95. The van der Waals surface area contributed by atoms with E-state index in [1.807, 2.05) is 12.1 Å². The van der Waals surface area contributed by atoms with Crippen LogP contribution in [0.5, 0.6) is 5.75 Å². The Balaban J connectivity index is 1.92. The van der Waals surface area contributed by atoms with Crippen LogP contribution in [0.2, 0.25) is 5.02 Å². The van der Waals surface area contributed by atoms with Crippen molar-refractivity contribution in [1.29, 1.82) is 0 Å². The Morgan fingerprint density at radius 3 is 2.65 bits per heavy atom. The summed E-state index contributed by atoms with van der Waals surface area (Å²) in [7, 11) is 0. The first-order chi connectivity index (χ1) is 9.54. The van der Waals surface area contributed by atoms with Crippen LogP contribution in [0, 0.1) is 0 Å². The van der Waals surface area contributed by atoms with E-state index in [-0.39, 0.29) is 12.5 Å². The monoisotopic (exact) mass is 354 g/mol. The maximum Gasteiger partial charge on any atom is 0.262 e. The lowest BCUT2D eigenvalue weighted by Crippen LogP contribution is -2.20. The van der Waals surface area contributed by atoms with Crippen LogP contribution in [0.4, 0.5) is 11.4 Å². The molecule has 2 aromatic carbocycles. The maximum atomic E-state index is 11.7. The molecule has 2 rings (SSSR count). The second kappa shape index (κ2) is 6.63. The summed E-state index contributed by atoms with van der Waals surface area (Å²) in [5, 5.41) is 3.13. The molecule has 0 fully saturated rings. The van der Waals surface area contributed by atoms with Gasteiger partial charge in [0.15, 0.2) is 6.61 Å². The SMILES string of the molecule is Nc1ccc(Cl)c(OCC(=O)Nc2ccc(Br)cc2)c1. The Kier molecular flexibility index (Phi) is 4.87. The number of carbonyl (C=O) groups is 1. The highest BCUT2D eigenvalue weighted by Gasteiger charge is 2.07. The minimum atomic E-state index is -0.272. The van der Waals surface area contributed by atoms with E-state index in [1.54, 1.807) is 30.3 Å². The third-order valence-corrected chi connectivity index (χ3v) is 3.28. The molecule has 0 aromatic heterocycles. The van der Waals surface area contributed by atoms with E-state index in [0.29, 0.717) is 22.1 Å². The first kappa shape index (κ1) is 14.7. The van der Waals surface area contributed by atoms with Gasteiger partial charge in [-0.2, -0.15) is 0 Å². The minimum absolute atomic E-state index is 0.140. The van der Waals surface area contributed by atoms with E-state index in [9.17, 15) is 4.79 Å². The highest BCUT2D eigenvalue weighted by Crippen LogP contribution is 2.26. The van der Waals surface area contributed by atoms with E-state index in [1.165, 1.54) is 0 Å². The maximum absolute atomic E-state index is 11.7. The van der Waals surface area contributed by atoms with E-state index in [4.69, 9.17) is 22.1 Å². The lowest BCUT2D eigenvalue weighted by atomic mass is 10.3. The molecule has 3 N–H and O–H groups in total. The van der Waals surface area contributed by atoms with Gasteiger partial charge in [0.2, 0.25) is 0 Å². The normalized spacial score (nSPS) is 10.1. The molecule has 2 aromatic rings. The number of rotatable bonds is 4. The van der Waals surface area contributed by atoms with Gasteiger partial charge in [0, 0.05) is 21.9 Å². The molecule has 0 aliphatic carbocycles. The predicted molar refractivity (Wildman–Crippen MR) is 84.1 cm³/mol. The van der Waals surface area contributed by atoms with Crippen molar-refractivity contribution in [2.75, 3.05) is 17.7 Å². The molecule has 104 valence electrons. The Morgan fingerprint density at radius 2 is 1.95 bits per heavy atom. The van der Waals surface area contributed by atoms with Crippen LogP contribution >= 0.6 is 27.5 Å². The zero-order valence-corrected chi connectivity index (χ0v) is 12.7. The van der Waals surface area contributed by atoms with Crippen LogP contribution in [0.3, 0.4) is 0 Å².